The minimum atomic E-state index is -3.83. The second-order valence-electron chi connectivity index (χ2n) is 6.08. The molecular weight excluding hydrogens is 337 g/mol. The molecule has 0 unspecified atom stereocenters. The lowest BCUT2D eigenvalue weighted by atomic mass is 10.0. The van der Waals surface area contributed by atoms with Gasteiger partial charge in [0, 0.05) is 19.0 Å². The lowest BCUT2D eigenvalue weighted by Gasteiger charge is -2.36. The Labute approximate surface area is 138 Å². The summed E-state index contributed by atoms with van der Waals surface area (Å²) in [6.45, 7) is 0.461. The molecule has 2 fully saturated rings. The molecule has 2 heterocycles. The van der Waals surface area contributed by atoms with Crippen LogP contribution in [-0.4, -0.2) is 43.1 Å². The predicted octanol–water partition coefficient (Wildman–Crippen LogP) is 1.88. The van der Waals surface area contributed by atoms with Crippen LogP contribution in [-0.2, 0) is 10.0 Å². The molecule has 9 heteroatoms. The van der Waals surface area contributed by atoms with Crippen LogP contribution in [0.15, 0.2) is 27.6 Å². The number of halogens is 1. The number of hydrogen-bond acceptors (Lipinski definition) is 6. The zero-order chi connectivity index (χ0) is 16.9. The number of hydrogen-bond donors (Lipinski definition) is 0. The molecule has 0 N–H and O–H groups in total. The van der Waals surface area contributed by atoms with Crippen LogP contribution in [0.5, 0.6) is 5.75 Å². The van der Waals surface area contributed by atoms with Crippen molar-refractivity contribution in [2.45, 2.75) is 29.6 Å². The first-order valence-electron chi connectivity index (χ1n) is 7.66. The molecule has 1 saturated carbocycles. The highest BCUT2D eigenvalue weighted by Crippen LogP contribution is 2.40. The third kappa shape index (κ3) is 2.57. The first-order chi connectivity index (χ1) is 11.5. The van der Waals surface area contributed by atoms with Crippen molar-refractivity contribution in [3.05, 3.63) is 35.7 Å². The van der Waals surface area contributed by atoms with Gasteiger partial charge in [0.15, 0.2) is 5.82 Å². The standard InChI is InChI=1S/C15H16FN3O4S/c1-22-12-5-4-11(16)6-13(12)24(20,21)19-7-10(8-19)15-17-14(18-23-15)9-2-3-9/h4-6,9-10H,2-3,7-8H2,1H3. The van der Waals surface area contributed by atoms with Gasteiger partial charge in [-0.2, -0.15) is 9.29 Å². The lowest BCUT2D eigenvalue weighted by molar-refractivity contribution is 0.216. The Morgan fingerprint density at radius 2 is 2.04 bits per heavy atom. The minimum Gasteiger partial charge on any atom is -0.495 e. The predicted molar refractivity (Wildman–Crippen MR) is 80.7 cm³/mol. The van der Waals surface area contributed by atoms with E-state index in [4.69, 9.17) is 9.26 Å². The lowest BCUT2D eigenvalue weighted by Crippen LogP contribution is -2.48. The van der Waals surface area contributed by atoms with E-state index in [1.807, 2.05) is 0 Å². The molecule has 0 atom stereocenters. The van der Waals surface area contributed by atoms with Crippen LogP contribution >= 0.6 is 0 Å². The van der Waals surface area contributed by atoms with Crippen LogP contribution in [0.4, 0.5) is 4.39 Å². The maximum atomic E-state index is 13.5. The Morgan fingerprint density at radius 3 is 2.71 bits per heavy atom. The molecule has 1 aromatic heterocycles. The van der Waals surface area contributed by atoms with Crippen molar-refractivity contribution in [1.29, 1.82) is 0 Å². The average molecular weight is 353 g/mol. The molecule has 128 valence electrons. The minimum absolute atomic E-state index is 0.119. The summed E-state index contributed by atoms with van der Waals surface area (Å²) in [5.41, 5.74) is 0. The summed E-state index contributed by atoms with van der Waals surface area (Å²) in [5.74, 6) is 0.928. The summed E-state index contributed by atoms with van der Waals surface area (Å²) in [7, 11) is -2.48. The topological polar surface area (TPSA) is 85.5 Å². The molecular formula is C15H16FN3O4S. The van der Waals surface area contributed by atoms with E-state index in [2.05, 4.69) is 10.1 Å². The zero-order valence-electron chi connectivity index (χ0n) is 13.0. The first kappa shape index (κ1) is 15.5. The van der Waals surface area contributed by atoms with Crippen molar-refractivity contribution in [2.75, 3.05) is 20.2 Å². The number of aromatic nitrogens is 2. The smallest absolute Gasteiger partial charge is 0.246 e. The normalized spacial score (nSPS) is 19.2. The van der Waals surface area contributed by atoms with Gasteiger partial charge in [0.25, 0.3) is 0 Å². The van der Waals surface area contributed by atoms with E-state index < -0.39 is 15.8 Å². The fourth-order valence-corrected chi connectivity index (χ4v) is 4.40. The number of sulfonamides is 1. The molecule has 2 aliphatic rings. The fraction of sp³-hybridized carbons (Fsp3) is 0.467. The Kier molecular flexibility index (Phi) is 3.57. The summed E-state index contributed by atoms with van der Waals surface area (Å²) in [5, 5.41) is 3.94. The first-order valence-corrected chi connectivity index (χ1v) is 9.10. The molecule has 1 aromatic carbocycles. The van der Waals surface area contributed by atoms with Crippen molar-refractivity contribution in [3.8, 4) is 5.75 Å². The maximum Gasteiger partial charge on any atom is 0.246 e. The van der Waals surface area contributed by atoms with E-state index >= 15 is 0 Å². The van der Waals surface area contributed by atoms with E-state index in [0.29, 0.717) is 17.6 Å². The molecule has 24 heavy (non-hydrogen) atoms. The molecule has 0 radical (unpaired) electrons. The van der Waals surface area contributed by atoms with Gasteiger partial charge in [0.1, 0.15) is 16.5 Å². The summed E-state index contributed by atoms with van der Waals surface area (Å²) in [6.07, 6.45) is 2.15. The number of rotatable bonds is 5. The highest BCUT2D eigenvalue weighted by Gasteiger charge is 2.42. The van der Waals surface area contributed by atoms with Crippen LogP contribution in [0.25, 0.3) is 0 Å². The molecule has 0 amide bonds. The van der Waals surface area contributed by atoms with Gasteiger partial charge >= 0.3 is 0 Å². The number of methoxy groups -OCH3 is 1. The molecule has 7 nitrogen and oxygen atoms in total. The highest BCUT2D eigenvalue weighted by atomic mass is 32.2. The number of ether oxygens (including phenoxy) is 1. The van der Waals surface area contributed by atoms with Crippen molar-refractivity contribution in [1.82, 2.24) is 14.4 Å². The molecule has 1 saturated heterocycles. The zero-order valence-corrected chi connectivity index (χ0v) is 13.8. The van der Waals surface area contributed by atoms with Gasteiger partial charge in [-0.25, -0.2) is 12.8 Å². The fourth-order valence-electron chi connectivity index (χ4n) is 2.70. The number of benzene rings is 1. The Morgan fingerprint density at radius 1 is 1.29 bits per heavy atom. The Bertz CT molecular complexity index is 873. The number of nitrogens with zero attached hydrogens (tertiary/aromatic N) is 3. The molecule has 0 bridgehead atoms. The monoisotopic (exact) mass is 353 g/mol. The van der Waals surface area contributed by atoms with E-state index in [9.17, 15) is 12.8 Å². The van der Waals surface area contributed by atoms with Crippen molar-refractivity contribution >= 4 is 10.0 Å². The molecule has 1 aliphatic carbocycles. The van der Waals surface area contributed by atoms with Gasteiger partial charge in [-0.3, -0.25) is 0 Å². The SMILES string of the molecule is COc1ccc(F)cc1S(=O)(=O)N1CC(c2nc(C3CC3)no2)C1. The molecule has 2 aromatic rings. The van der Waals surface area contributed by atoms with Gasteiger partial charge in [0.2, 0.25) is 15.9 Å². The second kappa shape index (κ2) is 5.52. The van der Waals surface area contributed by atoms with Crippen LogP contribution in [0.1, 0.15) is 36.4 Å². The van der Waals surface area contributed by atoms with Crippen LogP contribution in [0, 0.1) is 5.82 Å². The van der Waals surface area contributed by atoms with Crippen molar-refractivity contribution < 1.29 is 22.1 Å². The third-order valence-corrected chi connectivity index (χ3v) is 6.19. The van der Waals surface area contributed by atoms with Gasteiger partial charge in [-0.15, -0.1) is 0 Å². The summed E-state index contributed by atoms with van der Waals surface area (Å²) in [6, 6.07) is 3.44. The van der Waals surface area contributed by atoms with Crippen molar-refractivity contribution in [2.24, 2.45) is 0 Å². The Balaban J connectivity index is 1.51. The summed E-state index contributed by atoms with van der Waals surface area (Å²) in [4.78, 5) is 4.17. The molecule has 4 rings (SSSR count). The van der Waals surface area contributed by atoms with Crippen molar-refractivity contribution in [3.63, 3.8) is 0 Å². The Hall–Kier alpha value is -2.00. The molecule has 1 aliphatic heterocycles. The van der Waals surface area contributed by atoms with E-state index in [1.54, 1.807) is 0 Å². The van der Waals surface area contributed by atoms with Crippen LogP contribution < -0.4 is 4.74 Å². The van der Waals surface area contributed by atoms with Crippen LogP contribution in [0.3, 0.4) is 0 Å². The largest absolute Gasteiger partial charge is 0.495 e. The van der Waals surface area contributed by atoms with Gasteiger partial charge in [0.05, 0.1) is 13.0 Å². The molecule has 0 spiro atoms. The second-order valence-corrected chi connectivity index (χ2v) is 7.99. The summed E-state index contributed by atoms with van der Waals surface area (Å²) < 4.78 is 50.3. The average Bonchev–Trinajstić information content (AvgIpc) is 3.25. The van der Waals surface area contributed by atoms with E-state index in [-0.39, 0.29) is 29.7 Å². The van der Waals surface area contributed by atoms with Crippen LogP contribution in [0.2, 0.25) is 0 Å². The van der Waals surface area contributed by atoms with Gasteiger partial charge < -0.3 is 9.26 Å². The highest BCUT2D eigenvalue weighted by molar-refractivity contribution is 7.89. The van der Waals surface area contributed by atoms with Gasteiger partial charge in [-0.05, 0) is 31.0 Å². The quantitative estimate of drug-likeness (QED) is 0.816. The maximum absolute atomic E-state index is 13.5. The van der Waals surface area contributed by atoms with E-state index in [0.717, 1.165) is 25.0 Å². The third-order valence-electron chi connectivity index (χ3n) is 4.34. The van der Waals surface area contributed by atoms with Gasteiger partial charge in [-0.1, -0.05) is 5.16 Å². The summed E-state index contributed by atoms with van der Waals surface area (Å²) >= 11 is 0. The van der Waals surface area contributed by atoms with E-state index in [1.165, 1.54) is 17.5 Å².